The van der Waals surface area contributed by atoms with Gasteiger partial charge >= 0.3 is 0 Å². The Kier molecular flexibility index (Phi) is 6.12. The van der Waals surface area contributed by atoms with Crippen LogP contribution in [0.5, 0.6) is 0 Å². The first kappa shape index (κ1) is 27.7. The molecule has 0 radical (unpaired) electrons. The van der Waals surface area contributed by atoms with Gasteiger partial charge in [0, 0.05) is 28.8 Å². The molecular formula is C45H31N3O. The molecule has 0 amide bonds. The topological polar surface area (TPSA) is 33.7 Å². The Balaban J connectivity index is 1.27. The van der Waals surface area contributed by atoms with Crippen LogP contribution in [0.15, 0.2) is 173 Å². The molecule has 9 aromatic rings. The maximum absolute atomic E-state index is 6.62. The smallest absolute Gasteiger partial charge is 0.229 e. The maximum atomic E-state index is 6.62. The molecule has 1 aliphatic rings. The molecule has 4 heteroatoms. The number of aromatic nitrogens is 1. The molecule has 0 saturated heterocycles. The normalized spacial score (nSPS) is 14.5. The number of fused-ring (bicyclic) bond motifs is 7. The van der Waals surface area contributed by atoms with Crippen molar-refractivity contribution in [1.29, 1.82) is 0 Å². The quantitative estimate of drug-likeness (QED) is 0.194. The molecule has 0 fully saturated rings. The Bertz CT molecular complexity index is 2680. The first-order valence-electron chi connectivity index (χ1n) is 16.7. The second-order valence-corrected chi connectivity index (χ2v) is 12.9. The number of benzene rings is 7. The summed E-state index contributed by atoms with van der Waals surface area (Å²) in [6.45, 7) is 0. The summed E-state index contributed by atoms with van der Waals surface area (Å²) in [6.07, 6.45) is -0.227. The summed E-state index contributed by atoms with van der Waals surface area (Å²) in [5.74, 6) is 1.51. The number of hydrogen-bond donors (Lipinski definition) is 0. The van der Waals surface area contributed by atoms with E-state index in [2.05, 4.69) is 168 Å². The van der Waals surface area contributed by atoms with Crippen molar-refractivity contribution in [2.45, 2.75) is 6.17 Å². The van der Waals surface area contributed by atoms with E-state index in [9.17, 15) is 0 Å². The molecular weight excluding hydrogens is 599 g/mol. The van der Waals surface area contributed by atoms with Gasteiger partial charge in [0.25, 0.3) is 0 Å². The fourth-order valence-corrected chi connectivity index (χ4v) is 7.74. The van der Waals surface area contributed by atoms with Crippen molar-refractivity contribution < 1.29 is 4.42 Å². The summed E-state index contributed by atoms with van der Waals surface area (Å²) >= 11 is 0. The van der Waals surface area contributed by atoms with Gasteiger partial charge in [0.15, 0.2) is 0 Å². The van der Waals surface area contributed by atoms with Crippen LogP contribution >= 0.6 is 0 Å². The second kappa shape index (κ2) is 10.8. The number of nitrogens with zero attached hydrogens (tertiary/aromatic N) is 3. The van der Waals surface area contributed by atoms with Gasteiger partial charge in [0.2, 0.25) is 5.88 Å². The highest BCUT2D eigenvalue weighted by Crippen LogP contribution is 2.47. The molecule has 1 unspecified atom stereocenters. The highest BCUT2D eigenvalue weighted by atomic mass is 16.3. The lowest BCUT2D eigenvalue weighted by molar-refractivity contribution is 0.334. The predicted molar refractivity (Wildman–Crippen MR) is 203 cm³/mol. The zero-order chi connectivity index (χ0) is 32.5. The van der Waals surface area contributed by atoms with Gasteiger partial charge in [-0.15, -0.1) is 0 Å². The lowest BCUT2D eigenvalue weighted by Crippen LogP contribution is -2.38. The molecule has 0 aliphatic carbocycles. The number of rotatable bonds is 4. The van der Waals surface area contributed by atoms with Gasteiger partial charge in [0.1, 0.15) is 17.6 Å². The summed E-state index contributed by atoms with van der Waals surface area (Å²) in [4.78, 5) is 7.67. The summed E-state index contributed by atoms with van der Waals surface area (Å²) < 4.78 is 9.11. The molecule has 10 rings (SSSR count). The standard InChI is InChI=1S/C45H31N3O/c1-47-43(35-25-33(29-14-4-2-5-15-29)24-34(26-35)30-16-6-3-7-17-30)46-44-42(37-21-11-13-23-41(37)49-44)45(47)48-39-22-12-10-20-36(39)38-27-31-18-8-9-19-32(31)28-40(38)48/h2-28,45H,1H3. The Hall–Kier alpha value is -6.39. The van der Waals surface area contributed by atoms with Gasteiger partial charge in [-0.1, -0.05) is 121 Å². The molecule has 232 valence electrons. The highest BCUT2D eigenvalue weighted by Gasteiger charge is 2.36. The third kappa shape index (κ3) is 4.34. The van der Waals surface area contributed by atoms with Crippen molar-refractivity contribution in [1.82, 2.24) is 9.47 Å². The molecule has 1 atom stereocenters. The van der Waals surface area contributed by atoms with Crippen LogP contribution in [0.2, 0.25) is 0 Å². The predicted octanol–water partition coefficient (Wildman–Crippen LogP) is 11.6. The van der Waals surface area contributed by atoms with Crippen LogP contribution in [0.1, 0.15) is 17.3 Å². The molecule has 7 aromatic carbocycles. The maximum Gasteiger partial charge on any atom is 0.229 e. The van der Waals surface area contributed by atoms with Crippen LogP contribution in [-0.4, -0.2) is 22.4 Å². The minimum atomic E-state index is -0.227. The summed E-state index contributed by atoms with van der Waals surface area (Å²) in [5, 5.41) is 5.99. The van der Waals surface area contributed by atoms with E-state index in [-0.39, 0.29) is 6.17 Å². The minimum absolute atomic E-state index is 0.227. The average Bonchev–Trinajstić information content (AvgIpc) is 3.69. The minimum Gasteiger partial charge on any atom is -0.438 e. The zero-order valence-electron chi connectivity index (χ0n) is 26.9. The van der Waals surface area contributed by atoms with Crippen molar-refractivity contribution in [3.8, 4) is 22.3 Å². The number of furan rings is 1. The molecule has 4 nitrogen and oxygen atoms in total. The van der Waals surface area contributed by atoms with Crippen molar-refractivity contribution in [2.24, 2.45) is 4.99 Å². The van der Waals surface area contributed by atoms with E-state index >= 15 is 0 Å². The van der Waals surface area contributed by atoms with E-state index in [1.807, 2.05) is 12.1 Å². The Morgan fingerprint density at radius 3 is 1.78 bits per heavy atom. The highest BCUT2D eigenvalue weighted by molar-refractivity contribution is 6.13. The average molecular weight is 630 g/mol. The summed E-state index contributed by atoms with van der Waals surface area (Å²) in [6, 6.07) is 58.4. The number of para-hydroxylation sites is 2. The van der Waals surface area contributed by atoms with E-state index in [0.717, 1.165) is 50.2 Å². The Morgan fingerprint density at radius 2 is 1.06 bits per heavy atom. The molecule has 0 spiro atoms. The van der Waals surface area contributed by atoms with Crippen molar-refractivity contribution in [2.75, 3.05) is 7.05 Å². The van der Waals surface area contributed by atoms with E-state index in [4.69, 9.17) is 9.41 Å². The lowest BCUT2D eigenvalue weighted by atomic mass is 9.95. The van der Waals surface area contributed by atoms with Crippen molar-refractivity contribution in [3.05, 3.63) is 175 Å². The van der Waals surface area contributed by atoms with Crippen LogP contribution in [-0.2, 0) is 0 Å². The van der Waals surface area contributed by atoms with Crippen LogP contribution in [0.25, 0.3) is 65.8 Å². The van der Waals surface area contributed by atoms with E-state index in [1.54, 1.807) is 0 Å². The summed E-state index contributed by atoms with van der Waals surface area (Å²) in [5.41, 5.74) is 9.90. The van der Waals surface area contributed by atoms with Gasteiger partial charge in [0.05, 0.1) is 16.6 Å². The Morgan fingerprint density at radius 1 is 0.490 bits per heavy atom. The molecule has 1 aliphatic heterocycles. The molecule has 0 bridgehead atoms. The second-order valence-electron chi connectivity index (χ2n) is 12.9. The van der Waals surface area contributed by atoms with Crippen LogP contribution in [0.4, 0.5) is 5.88 Å². The number of hydrogen-bond acceptors (Lipinski definition) is 3. The van der Waals surface area contributed by atoms with E-state index in [0.29, 0.717) is 5.88 Å². The van der Waals surface area contributed by atoms with Gasteiger partial charge in [-0.05, 0) is 75.5 Å². The zero-order valence-corrected chi connectivity index (χ0v) is 26.9. The molecule has 2 aromatic heterocycles. The fourth-order valence-electron chi connectivity index (χ4n) is 7.74. The first-order chi connectivity index (χ1) is 24.2. The number of aliphatic imine (C=N–C) groups is 1. The number of amidine groups is 1. The van der Waals surface area contributed by atoms with Crippen LogP contribution < -0.4 is 0 Å². The SMILES string of the molecule is CN1C(c2cc(-c3ccccc3)cc(-c3ccccc3)c2)=Nc2oc3ccccc3c2C1n1c2ccccc2c2cc3ccccc3cc21. The first-order valence-corrected chi connectivity index (χ1v) is 16.7. The van der Waals surface area contributed by atoms with Gasteiger partial charge in [-0.25, -0.2) is 0 Å². The largest absolute Gasteiger partial charge is 0.438 e. The van der Waals surface area contributed by atoms with Crippen LogP contribution in [0.3, 0.4) is 0 Å². The Labute approximate surface area is 283 Å². The molecule has 49 heavy (non-hydrogen) atoms. The van der Waals surface area contributed by atoms with Gasteiger partial charge < -0.3 is 13.9 Å². The summed E-state index contributed by atoms with van der Waals surface area (Å²) in [7, 11) is 2.17. The van der Waals surface area contributed by atoms with Gasteiger partial charge in [-0.3, -0.25) is 0 Å². The molecule has 0 saturated carbocycles. The monoisotopic (exact) mass is 629 g/mol. The van der Waals surface area contributed by atoms with E-state index < -0.39 is 0 Å². The van der Waals surface area contributed by atoms with E-state index in [1.165, 1.54) is 32.6 Å². The van der Waals surface area contributed by atoms with Crippen molar-refractivity contribution >= 4 is 55.3 Å². The van der Waals surface area contributed by atoms with Crippen molar-refractivity contribution in [3.63, 3.8) is 0 Å². The molecule has 0 N–H and O–H groups in total. The lowest BCUT2D eigenvalue weighted by Gasteiger charge is -2.36. The van der Waals surface area contributed by atoms with Crippen LogP contribution in [0, 0.1) is 0 Å². The van der Waals surface area contributed by atoms with Gasteiger partial charge in [-0.2, -0.15) is 4.99 Å². The fraction of sp³-hybridized carbons (Fsp3) is 0.0444. The third-order valence-electron chi connectivity index (χ3n) is 10.0. The molecule has 3 heterocycles. The third-order valence-corrected chi connectivity index (χ3v) is 10.0.